The fraction of sp³-hybridized carbons (Fsp3) is 0.286. The molecular weight excluding hydrogens is 312 g/mol. The number of nitrogens with zero attached hydrogens (tertiary/aromatic N) is 2. The standard InChI is InChI=1S/C14H13F2N3O2S/c15-12-2-1-3-13(16)11(12)8-22(20,21)19-10-6-17-14(18-7-10)9-4-5-9/h1-3,6-7,9,19H,4-5,8H2. The van der Waals surface area contributed by atoms with Gasteiger partial charge in [0.1, 0.15) is 23.2 Å². The maximum atomic E-state index is 13.5. The van der Waals surface area contributed by atoms with Crippen LogP contribution < -0.4 is 4.72 Å². The van der Waals surface area contributed by atoms with Gasteiger partial charge in [-0.2, -0.15) is 0 Å². The van der Waals surface area contributed by atoms with Crippen molar-refractivity contribution in [1.29, 1.82) is 0 Å². The molecule has 1 aromatic carbocycles. The minimum atomic E-state index is -3.96. The van der Waals surface area contributed by atoms with Crippen LogP contribution in [-0.4, -0.2) is 18.4 Å². The van der Waals surface area contributed by atoms with Crippen LogP contribution in [0, 0.1) is 11.6 Å². The lowest BCUT2D eigenvalue weighted by atomic mass is 10.2. The van der Waals surface area contributed by atoms with Gasteiger partial charge < -0.3 is 0 Å². The topological polar surface area (TPSA) is 72.0 Å². The van der Waals surface area contributed by atoms with Crippen LogP contribution >= 0.6 is 0 Å². The molecule has 0 radical (unpaired) electrons. The van der Waals surface area contributed by atoms with E-state index in [1.165, 1.54) is 18.5 Å². The summed E-state index contributed by atoms with van der Waals surface area (Å²) in [6.07, 6.45) is 4.79. The third kappa shape index (κ3) is 3.38. The Labute approximate surface area is 126 Å². The van der Waals surface area contributed by atoms with E-state index in [1.807, 2.05) is 0 Å². The average molecular weight is 325 g/mol. The van der Waals surface area contributed by atoms with Gasteiger partial charge in [0.05, 0.1) is 18.1 Å². The number of rotatable bonds is 5. The van der Waals surface area contributed by atoms with Crippen LogP contribution in [0.1, 0.15) is 30.1 Å². The van der Waals surface area contributed by atoms with Crippen LogP contribution in [0.15, 0.2) is 30.6 Å². The summed E-state index contributed by atoms with van der Waals surface area (Å²) in [7, 11) is -3.96. The van der Waals surface area contributed by atoms with Gasteiger partial charge in [-0.05, 0) is 25.0 Å². The molecule has 0 atom stereocenters. The molecule has 5 nitrogen and oxygen atoms in total. The van der Waals surface area contributed by atoms with Crippen molar-refractivity contribution < 1.29 is 17.2 Å². The number of aromatic nitrogens is 2. The van der Waals surface area contributed by atoms with E-state index >= 15 is 0 Å². The lowest BCUT2D eigenvalue weighted by Crippen LogP contribution is -2.17. The van der Waals surface area contributed by atoms with Crippen molar-refractivity contribution in [3.63, 3.8) is 0 Å². The number of hydrogen-bond acceptors (Lipinski definition) is 4. The number of nitrogens with one attached hydrogen (secondary N) is 1. The molecule has 1 heterocycles. The minimum absolute atomic E-state index is 0.168. The Morgan fingerprint density at radius 2 is 1.73 bits per heavy atom. The van der Waals surface area contributed by atoms with Crippen LogP contribution in [-0.2, 0) is 15.8 Å². The highest BCUT2D eigenvalue weighted by Gasteiger charge is 2.26. The van der Waals surface area contributed by atoms with Crippen molar-refractivity contribution in [2.24, 2.45) is 0 Å². The number of halogens is 2. The summed E-state index contributed by atoms with van der Waals surface area (Å²) in [5, 5.41) is 0. The molecule has 0 spiro atoms. The van der Waals surface area contributed by atoms with E-state index in [0.29, 0.717) is 11.7 Å². The summed E-state index contributed by atoms with van der Waals surface area (Å²) < 4.78 is 53.3. The first-order chi connectivity index (χ1) is 10.4. The molecule has 1 aromatic heterocycles. The predicted molar refractivity (Wildman–Crippen MR) is 76.6 cm³/mol. The second-order valence-corrected chi connectivity index (χ2v) is 6.89. The van der Waals surface area contributed by atoms with Gasteiger partial charge >= 0.3 is 0 Å². The van der Waals surface area contributed by atoms with Gasteiger partial charge in [0, 0.05) is 11.5 Å². The quantitative estimate of drug-likeness (QED) is 0.917. The van der Waals surface area contributed by atoms with Crippen molar-refractivity contribution in [1.82, 2.24) is 9.97 Å². The van der Waals surface area contributed by atoms with E-state index in [4.69, 9.17) is 0 Å². The van der Waals surface area contributed by atoms with E-state index in [0.717, 1.165) is 25.0 Å². The zero-order valence-electron chi connectivity index (χ0n) is 11.5. The first kappa shape index (κ1) is 14.8. The monoisotopic (exact) mass is 325 g/mol. The molecule has 22 heavy (non-hydrogen) atoms. The van der Waals surface area contributed by atoms with E-state index in [-0.39, 0.29) is 5.69 Å². The Morgan fingerprint density at radius 3 is 2.27 bits per heavy atom. The minimum Gasteiger partial charge on any atom is -0.280 e. The molecule has 1 N–H and O–H groups in total. The summed E-state index contributed by atoms with van der Waals surface area (Å²) in [5.41, 5.74) is -0.327. The van der Waals surface area contributed by atoms with Crippen molar-refractivity contribution in [3.05, 3.63) is 53.6 Å². The van der Waals surface area contributed by atoms with Gasteiger partial charge in [-0.25, -0.2) is 27.2 Å². The Morgan fingerprint density at radius 1 is 1.14 bits per heavy atom. The molecule has 0 bridgehead atoms. The molecule has 0 aliphatic heterocycles. The van der Waals surface area contributed by atoms with Crippen LogP contribution in [0.3, 0.4) is 0 Å². The van der Waals surface area contributed by atoms with Crippen molar-refractivity contribution in [2.75, 3.05) is 4.72 Å². The van der Waals surface area contributed by atoms with Crippen LogP contribution in [0.5, 0.6) is 0 Å². The third-order valence-corrected chi connectivity index (χ3v) is 4.50. The largest absolute Gasteiger partial charge is 0.280 e. The summed E-state index contributed by atoms with van der Waals surface area (Å²) in [4.78, 5) is 8.16. The molecule has 0 amide bonds. The Kier molecular flexibility index (Phi) is 3.78. The second-order valence-electron chi connectivity index (χ2n) is 5.17. The van der Waals surface area contributed by atoms with Gasteiger partial charge in [0.25, 0.3) is 0 Å². The lowest BCUT2D eigenvalue weighted by molar-refractivity contribution is 0.557. The zero-order chi connectivity index (χ0) is 15.7. The third-order valence-electron chi connectivity index (χ3n) is 3.28. The molecule has 116 valence electrons. The van der Waals surface area contributed by atoms with Crippen LogP contribution in [0.2, 0.25) is 0 Å². The molecule has 3 rings (SSSR count). The molecule has 1 saturated carbocycles. The van der Waals surface area contributed by atoms with Crippen molar-refractivity contribution >= 4 is 15.7 Å². The smallest absolute Gasteiger partial charge is 0.237 e. The van der Waals surface area contributed by atoms with E-state index in [9.17, 15) is 17.2 Å². The maximum absolute atomic E-state index is 13.5. The molecule has 1 aliphatic carbocycles. The fourth-order valence-electron chi connectivity index (χ4n) is 2.02. The van der Waals surface area contributed by atoms with E-state index < -0.39 is 33.0 Å². The van der Waals surface area contributed by atoms with E-state index in [2.05, 4.69) is 14.7 Å². The normalized spacial score (nSPS) is 14.8. The first-order valence-electron chi connectivity index (χ1n) is 6.70. The Hall–Kier alpha value is -2.09. The van der Waals surface area contributed by atoms with E-state index in [1.54, 1.807) is 0 Å². The highest BCUT2D eigenvalue weighted by molar-refractivity contribution is 7.91. The predicted octanol–water partition coefficient (Wildman–Crippen LogP) is 2.57. The van der Waals surface area contributed by atoms with Gasteiger partial charge in [-0.1, -0.05) is 6.07 Å². The van der Waals surface area contributed by atoms with Gasteiger partial charge in [0.15, 0.2) is 0 Å². The SMILES string of the molecule is O=S(=O)(Cc1c(F)cccc1F)Nc1cnc(C2CC2)nc1. The highest BCUT2D eigenvalue weighted by Crippen LogP contribution is 2.37. The maximum Gasteiger partial charge on any atom is 0.237 e. The molecule has 8 heteroatoms. The summed E-state index contributed by atoms with van der Waals surface area (Å²) in [6, 6.07) is 3.21. The Bertz CT molecular complexity index is 770. The summed E-state index contributed by atoms with van der Waals surface area (Å²) in [5.74, 6) is -1.55. The number of benzene rings is 1. The fourth-order valence-corrected chi connectivity index (χ4v) is 3.21. The Balaban J connectivity index is 1.75. The molecule has 2 aromatic rings. The second kappa shape index (κ2) is 5.60. The van der Waals surface area contributed by atoms with Gasteiger partial charge in [0.2, 0.25) is 10.0 Å². The number of sulfonamides is 1. The van der Waals surface area contributed by atoms with Crippen molar-refractivity contribution in [3.8, 4) is 0 Å². The number of hydrogen-bond donors (Lipinski definition) is 1. The molecule has 0 unspecified atom stereocenters. The van der Waals surface area contributed by atoms with Crippen LogP contribution in [0.25, 0.3) is 0 Å². The van der Waals surface area contributed by atoms with Crippen LogP contribution in [0.4, 0.5) is 14.5 Å². The van der Waals surface area contributed by atoms with Gasteiger partial charge in [-0.15, -0.1) is 0 Å². The summed E-state index contributed by atoms with van der Waals surface area (Å²) in [6.45, 7) is 0. The zero-order valence-corrected chi connectivity index (χ0v) is 12.3. The average Bonchev–Trinajstić information content (AvgIpc) is 3.28. The molecule has 1 fully saturated rings. The van der Waals surface area contributed by atoms with Gasteiger partial charge in [-0.3, -0.25) is 4.72 Å². The number of anilines is 1. The lowest BCUT2D eigenvalue weighted by Gasteiger charge is -2.09. The first-order valence-corrected chi connectivity index (χ1v) is 8.35. The molecule has 0 saturated heterocycles. The molecular formula is C14H13F2N3O2S. The highest BCUT2D eigenvalue weighted by atomic mass is 32.2. The molecule has 1 aliphatic rings. The summed E-state index contributed by atoms with van der Waals surface area (Å²) >= 11 is 0. The van der Waals surface area contributed by atoms with Crippen molar-refractivity contribution in [2.45, 2.75) is 24.5 Å².